The number of aromatic nitrogens is 3. The minimum atomic E-state index is -0.00603. The number of methoxy groups -OCH3 is 1. The van der Waals surface area contributed by atoms with E-state index in [1.807, 2.05) is 36.4 Å². The Labute approximate surface area is 151 Å². The molecule has 1 aromatic carbocycles. The standard InChI is InChI=1S/C19H20N4O3/c1-23(18(24)11-10-14-7-3-4-9-16(14)25-2)13-17-21-19(22-26-17)15-8-5-6-12-20-15/h3-9,12H,10-11,13H2,1-2H3. The van der Waals surface area contributed by atoms with Crippen LogP contribution in [-0.2, 0) is 17.8 Å². The van der Waals surface area contributed by atoms with Gasteiger partial charge in [0.05, 0.1) is 13.7 Å². The molecule has 26 heavy (non-hydrogen) atoms. The number of nitrogens with zero attached hydrogens (tertiary/aromatic N) is 4. The largest absolute Gasteiger partial charge is 0.496 e. The van der Waals surface area contributed by atoms with Gasteiger partial charge in [-0.3, -0.25) is 9.78 Å². The highest BCUT2D eigenvalue weighted by atomic mass is 16.5. The van der Waals surface area contributed by atoms with Crippen molar-refractivity contribution in [3.63, 3.8) is 0 Å². The van der Waals surface area contributed by atoms with Crippen LogP contribution in [0, 0.1) is 0 Å². The third kappa shape index (κ3) is 4.24. The molecule has 0 unspecified atom stereocenters. The molecule has 0 bridgehead atoms. The lowest BCUT2D eigenvalue weighted by Crippen LogP contribution is -2.26. The molecule has 2 heterocycles. The van der Waals surface area contributed by atoms with Gasteiger partial charge in [-0.05, 0) is 30.2 Å². The zero-order chi connectivity index (χ0) is 18.4. The fraction of sp³-hybridized carbons (Fsp3) is 0.263. The van der Waals surface area contributed by atoms with Crippen LogP contribution < -0.4 is 4.74 Å². The predicted octanol–water partition coefficient (Wildman–Crippen LogP) is 2.73. The summed E-state index contributed by atoms with van der Waals surface area (Å²) in [5, 5.41) is 3.91. The van der Waals surface area contributed by atoms with Crippen molar-refractivity contribution in [2.45, 2.75) is 19.4 Å². The minimum Gasteiger partial charge on any atom is -0.496 e. The van der Waals surface area contributed by atoms with Crippen molar-refractivity contribution in [2.24, 2.45) is 0 Å². The maximum absolute atomic E-state index is 12.4. The Morgan fingerprint density at radius 1 is 1.19 bits per heavy atom. The highest BCUT2D eigenvalue weighted by Crippen LogP contribution is 2.19. The Morgan fingerprint density at radius 3 is 2.77 bits per heavy atom. The third-order valence-corrected chi connectivity index (χ3v) is 3.96. The van der Waals surface area contributed by atoms with Crippen LogP contribution in [0.3, 0.4) is 0 Å². The first-order valence-corrected chi connectivity index (χ1v) is 8.27. The van der Waals surface area contributed by atoms with Gasteiger partial charge >= 0.3 is 0 Å². The lowest BCUT2D eigenvalue weighted by Gasteiger charge is -2.15. The number of hydrogen-bond donors (Lipinski definition) is 0. The number of carbonyl (C=O) groups is 1. The number of carbonyl (C=O) groups excluding carboxylic acids is 1. The van der Waals surface area contributed by atoms with Gasteiger partial charge in [-0.2, -0.15) is 4.98 Å². The maximum atomic E-state index is 12.4. The van der Waals surface area contributed by atoms with E-state index < -0.39 is 0 Å². The number of pyridine rings is 1. The van der Waals surface area contributed by atoms with Crippen LogP contribution in [-0.4, -0.2) is 40.1 Å². The SMILES string of the molecule is COc1ccccc1CCC(=O)N(C)Cc1nc(-c2ccccn2)no1. The summed E-state index contributed by atoms with van der Waals surface area (Å²) in [6.07, 6.45) is 2.65. The molecule has 0 aliphatic heterocycles. The average Bonchev–Trinajstić information content (AvgIpc) is 3.15. The number of ether oxygens (including phenoxy) is 1. The van der Waals surface area contributed by atoms with Crippen LogP contribution in [0.5, 0.6) is 5.75 Å². The smallest absolute Gasteiger partial charge is 0.246 e. The zero-order valence-electron chi connectivity index (χ0n) is 14.8. The molecule has 2 aromatic heterocycles. The van der Waals surface area contributed by atoms with E-state index in [9.17, 15) is 4.79 Å². The second kappa shape index (κ2) is 8.24. The molecule has 134 valence electrons. The summed E-state index contributed by atoms with van der Waals surface area (Å²) in [6.45, 7) is 0.255. The van der Waals surface area contributed by atoms with E-state index in [0.29, 0.717) is 30.3 Å². The molecular formula is C19H20N4O3. The molecule has 0 saturated carbocycles. The van der Waals surface area contributed by atoms with E-state index in [1.165, 1.54) is 0 Å². The molecule has 0 aliphatic carbocycles. The number of rotatable bonds is 7. The fourth-order valence-corrected chi connectivity index (χ4v) is 2.55. The van der Waals surface area contributed by atoms with Crippen LogP contribution in [0.4, 0.5) is 0 Å². The number of aryl methyl sites for hydroxylation is 1. The van der Waals surface area contributed by atoms with Gasteiger partial charge in [0.25, 0.3) is 0 Å². The number of hydrogen-bond acceptors (Lipinski definition) is 6. The van der Waals surface area contributed by atoms with Gasteiger partial charge in [0.15, 0.2) is 0 Å². The maximum Gasteiger partial charge on any atom is 0.246 e. The lowest BCUT2D eigenvalue weighted by atomic mass is 10.1. The van der Waals surface area contributed by atoms with Crippen molar-refractivity contribution in [3.05, 3.63) is 60.1 Å². The summed E-state index contributed by atoms with van der Waals surface area (Å²) < 4.78 is 10.5. The van der Waals surface area contributed by atoms with Crippen LogP contribution in [0.1, 0.15) is 17.9 Å². The highest BCUT2D eigenvalue weighted by molar-refractivity contribution is 5.76. The van der Waals surface area contributed by atoms with Crippen molar-refractivity contribution in [1.29, 1.82) is 0 Å². The van der Waals surface area contributed by atoms with Gasteiger partial charge in [-0.15, -0.1) is 0 Å². The van der Waals surface area contributed by atoms with Crippen molar-refractivity contribution in [1.82, 2.24) is 20.0 Å². The molecule has 1 amide bonds. The summed E-state index contributed by atoms with van der Waals surface area (Å²) in [4.78, 5) is 22.4. The van der Waals surface area contributed by atoms with E-state index in [0.717, 1.165) is 11.3 Å². The molecule has 0 spiro atoms. The number of para-hydroxylation sites is 1. The molecule has 7 nitrogen and oxygen atoms in total. The van der Waals surface area contributed by atoms with Crippen molar-refractivity contribution in [2.75, 3.05) is 14.2 Å². The Balaban J connectivity index is 1.57. The van der Waals surface area contributed by atoms with E-state index in [-0.39, 0.29) is 12.5 Å². The summed E-state index contributed by atoms with van der Waals surface area (Å²) in [6, 6.07) is 13.2. The monoisotopic (exact) mass is 352 g/mol. The Kier molecular flexibility index (Phi) is 5.58. The molecule has 0 N–H and O–H groups in total. The Morgan fingerprint density at radius 2 is 2.00 bits per heavy atom. The second-order valence-corrected chi connectivity index (χ2v) is 5.79. The summed E-state index contributed by atoms with van der Waals surface area (Å²) >= 11 is 0. The number of benzene rings is 1. The normalized spacial score (nSPS) is 10.5. The molecule has 0 atom stereocenters. The van der Waals surface area contributed by atoms with Crippen molar-refractivity contribution >= 4 is 5.91 Å². The molecule has 3 aromatic rings. The van der Waals surface area contributed by atoms with Gasteiger partial charge in [0.1, 0.15) is 11.4 Å². The van der Waals surface area contributed by atoms with Crippen LogP contribution in [0.15, 0.2) is 53.2 Å². The zero-order valence-corrected chi connectivity index (χ0v) is 14.8. The van der Waals surface area contributed by atoms with Gasteiger partial charge < -0.3 is 14.2 Å². The van der Waals surface area contributed by atoms with E-state index >= 15 is 0 Å². The van der Waals surface area contributed by atoms with Crippen molar-refractivity contribution < 1.29 is 14.1 Å². The molecule has 0 saturated heterocycles. The van der Waals surface area contributed by atoms with E-state index in [4.69, 9.17) is 9.26 Å². The van der Waals surface area contributed by atoms with Gasteiger partial charge in [-0.25, -0.2) is 0 Å². The van der Waals surface area contributed by atoms with Crippen LogP contribution in [0.25, 0.3) is 11.5 Å². The highest BCUT2D eigenvalue weighted by Gasteiger charge is 2.15. The first-order valence-electron chi connectivity index (χ1n) is 8.27. The molecule has 0 fully saturated rings. The minimum absolute atomic E-state index is 0.00603. The average molecular weight is 352 g/mol. The summed E-state index contributed by atoms with van der Waals surface area (Å²) in [5.74, 6) is 1.57. The molecular weight excluding hydrogens is 332 g/mol. The van der Waals surface area contributed by atoms with Crippen LogP contribution >= 0.6 is 0 Å². The van der Waals surface area contributed by atoms with E-state index in [1.54, 1.807) is 31.3 Å². The number of amides is 1. The van der Waals surface area contributed by atoms with Crippen molar-refractivity contribution in [3.8, 4) is 17.3 Å². The van der Waals surface area contributed by atoms with Crippen LogP contribution in [0.2, 0.25) is 0 Å². The molecule has 3 rings (SSSR count). The Hall–Kier alpha value is -3.22. The predicted molar refractivity (Wildman–Crippen MR) is 95.3 cm³/mol. The summed E-state index contributed by atoms with van der Waals surface area (Å²) in [7, 11) is 3.34. The lowest BCUT2D eigenvalue weighted by molar-refractivity contribution is -0.130. The molecule has 7 heteroatoms. The first-order chi connectivity index (χ1) is 12.7. The Bertz CT molecular complexity index is 864. The topological polar surface area (TPSA) is 81.4 Å². The quantitative estimate of drug-likeness (QED) is 0.650. The molecule has 0 aliphatic rings. The third-order valence-electron chi connectivity index (χ3n) is 3.96. The van der Waals surface area contributed by atoms with Gasteiger partial charge in [0.2, 0.25) is 17.6 Å². The van der Waals surface area contributed by atoms with Gasteiger partial charge in [-0.1, -0.05) is 29.4 Å². The van der Waals surface area contributed by atoms with E-state index in [2.05, 4.69) is 15.1 Å². The first kappa shape index (κ1) is 17.6. The second-order valence-electron chi connectivity index (χ2n) is 5.79. The molecule has 0 radical (unpaired) electrons. The van der Waals surface area contributed by atoms with Gasteiger partial charge in [0, 0.05) is 19.7 Å². The fourth-order valence-electron chi connectivity index (χ4n) is 2.55. The summed E-state index contributed by atoms with van der Waals surface area (Å²) in [5.41, 5.74) is 1.64.